The average molecular weight is 283 g/mol. The third-order valence-electron chi connectivity index (χ3n) is 2.52. The minimum Gasteiger partial charge on any atom is -0.461 e. The number of hydrogen-bond acceptors (Lipinski definition) is 7. The maximum Gasteiger partial charge on any atom is 0.323 e. The fourth-order valence-corrected chi connectivity index (χ4v) is 1.52. The van der Waals surface area contributed by atoms with Gasteiger partial charge < -0.3 is 20.5 Å². The Labute approximate surface area is 120 Å². The SMILES string of the molecule is CCNc1nc(NCC(C)CCO)nc(OC(C)C)n1. The molecule has 1 atom stereocenters. The van der Waals surface area contributed by atoms with Gasteiger partial charge in [-0.05, 0) is 33.1 Å². The van der Waals surface area contributed by atoms with Crippen LogP contribution in [0.3, 0.4) is 0 Å². The highest BCUT2D eigenvalue weighted by Crippen LogP contribution is 2.13. The molecule has 114 valence electrons. The van der Waals surface area contributed by atoms with Gasteiger partial charge in [0.15, 0.2) is 0 Å². The molecule has 1 unspecified atom stereocenters. The molecule has 0 aliphatic carbocycles. The van der Waals surface area contributed by atoms with Crippen LogP contribution in [-0.4, -0.2) is 45.9 Å². The molecule has 0 amide bonds. The smallest absolute Gasteiger partial charge is 0.323 e. The van der Waals surface area contributed by atoms with E-state index < -0.39 is 0 Å². The van der Waals surface area contributed by atoms with E-state index in [-0.39, 0.29) is 12.7 Å². The molecule has 0 spiro atoms. The van der Waals surface area contributed by atoms with Crippen molar-refractivity contribution in [2.45, 2.75) is 40.2 Å². The maximum absolute atomic E-state index is 8.89. The summed E-state index contributed by atoms with van der Waals surface area (Å²) in [7, 11) is 0. The molecule has 7 nitrogen and oxygen atoms in total. The Morgan fingerprint density at radius 3 is 2.30 bits per heavy atom. The van der Waals surface area contributed by atoms with Gasteiger partial charge in [-0.1, -0.05) is 6.92 Å². The summed E-state index contributed by atoms with van der Waals surface area (Å²) in [6.07, 6.45) is 0.751. The maximum atomic E-state index is 8.89. The number of ether oxygens (including phenoxy) is 1. The lowest BCUT2D eigenvalue weighted by atomic mass is 10.1. The van der Waals surface area contributed by atoms with Gasteiger partial charge in [0.25, 0.3) is 0 Å². The molecule has 0 saturated heterocycles. The van der Waals surface area contributed by atoms with E-state index in [0.29, 0.717) is 30.4 Å². The van der Waals surface area contributed by atoms with Gasteiger partial charge >= 0.3 is 6.01 Å². The van der Waals surface area contributed by atoms with Crippen LogP contribution in [0, 0.1) is 5.92 Å². The normalized spacial score (nSPS) is 12.3. The van der Waals surface area contributed by atoms with Crippen molar-refractivity contribution in [1.29, 1.82) is 0 Å². The van der Waals surface area contributed by atoms with E-state index in [0.717, 1.165) is 13.0 Å². The van der Waals surface area contributed by atoms with Crippen LogP contribution in [0.4, 0.5) is 11.9 Å². The number of anilines is 2. The number of nitrogens with one attached hydrogen (secondary N) is 2. The number of aromatic nitrogens is 3. The van der Waals surface area contributed by atoms with Crippen LogP contribution < -0.4 is 15.4 Å². The van der Waals surface area contributed by atoms with Gasteiger partial charge in [0.2, 0.25) is 11.9 Å². The minimum absolute atomic E-state index is 0.00744. The molecule has 0 radical (unpaired) electrons. The van der Waals surface area contributed by atoms with E-state index in [4.69, 9.17) is 9.84 Å². The fraction of sp³-hybridized carbons (Fsp3) is 0.769. The molecule has 7 heteroatoms. The van der Waals surface area contributed by atoms with Crippen molar-refractivity contribution in [1.82, 2.24) is 15.0 Å². The molecule has 1 rings (SSSR count). The van der Waals surface area contributed by atoms with Crippen molar-refractivity contribution in [3.63, 3.8) is 0 Å². The van der Waals surface area contributed by atoms with Crippen molar-refractivity contribution in [2.75, 3.05) is 30.3 Å². The second-order valence-corrected chi connectivity index (χ2v) is 4.96. The van der Waals surface area contributed by atoms with Crippen LogP contribution in [0.15, 0.2) is 0 Å². The number of hydrogen-bond donors (Lipinski definition) is 3. The van der Waals surface area contributed by atoms with Gasteiger partial charge in [0.1, 0.15) is 0 Å². The van der Waals surface area contributed by atoms with E-state index in [1.54, 1.807) is 0 Å². The molecule has 1 aromatic rings. The summed E-state index contributed by atoms with van der Waals surface area (Å²) in [5.41, 5.74) is 0. The Kier molecular flexibility index (Phi) is 7.00. The topological polar surface area (TPSA) is 92.2 Å². The molecular formula is C13H25N5O2. The lowest BCUT2D eigenvalue weighted by Crippen LogP contribution is -2.17. The highest BCUT2D eigenvalue weighted by Gasteiger charge is 2.09. The molecule has 0 aromatic carbocycles. The van der Waals surface area contributed by atoms with Crippen molar-refractivity contribution in [3.8, 4) is 6.01 Å². The predicted octanol–water partition coefficient (Wildman–Crippen LogP) is 1.52. The van der Waals surface area contributed by atoms with E-state index in [1.807, 2.05) is 20.8 Å². The second-order valence-electron chi connectivity index (χ2n) is 4.96. The van der Waals surface area contributed by atoms with Crippen LogP contribution in [0.1, 0.15) is 34.1 Å². The Hall–Kier alpha value is -1.63. The Morgan fingerprint density at radius 1 is 1.10 bits per heavy atom. The standard InChI is InChI=1S/C13H25N5O2/c1-5-14-11-16-12(15-8-10(4)6-7-19)18-13(17-11)20-9(2)3/h9-10,19H,5-8H2,1-4H3,(H2,14,15,16,17,18). The first kappa shape index (κ1) is 16.4. The summed E-state index contributed by atoms with van der Waals surface area (Å²) in [5.74, 6) is 1.32. The Morgan fingerprint density at radius 2 is 1.75 bits per heavy atom. The highest BCUT2D eigenvalue weighted by molar-refractivity contribution is 5.35. The van der Waals surface area contributed by atoms with Gasteiger partial charge in [0.05, 0.1) is 6.10 Å². The van der Waals surface area contributed by atoms with Crippen LogP contribution in [-0.2, 0) is 0 Å². The number of rotatable bonds is 9. The lowest BCUT2D eigenvalue weighted by molar-refractivity contribution is 0.222. The van der Waals surface area contributed by atoms with E-state index in [1.165, 1.54) is 0 Å². The predicted molar refractivity (Wildman–Crippen MR) is 79.1 cm³/mol. The van der Waals surface area contributed by atoms with Crippen molar-refractivity contribution in [2.24, 2.45) is 5.92 Å². The molecule has 1 heterocycles. The van der Waals surface area contributed by atoms with Crippen molar-refractivity contribution >= 4 is 11.9 Å². The third kappa shape index (κ3) is 6.01. The van der Waals surface area contributed by atoms with Crippen molar-refractivity contribution < 1.29 is 9.84 Å². The van der Waals surface area contributed by atoms with Gasteiger partial charge in [0, 0.05) is 19.7 Å². The molecule has 3 N–H and O–H groups in total. The quantitative estimate of drug-likeness (QED) is 0.632. The largest absolute Gasteiger partial charge is 0.461 e. The molecule has 0 fully saturated rings. The van der Waals surface area contributed by atoms with E-state index in [9.17, 15) is 0 Å². The number of aliphatic hydroxyl groups excluding tert-OH is 1. The van der Waals surface area contributed by atoms with Gasteiger partial charge in [-0.15, -0.1) is 0 Å². The summed E-state index contributed by atoms with van der Waals surface area (Å²) >= 11 is 0. The monoisotopic (exact) mass is 283 g/mol. The Balaban J connectivity index is 2.74. The minimum atomic E-state index is 0.00744. The molecule has 0 bridgehead atoms. The summed E-state index contributed by atoms with van der Waals surface area (Å²) < 4.78 is 5.51. The summed E-state index contributed by atoms with van der Waals surface area (Å²) in [4.78, 5) is 12.7. The molecule has 0 aliphatic heterocycles. The summed E-state index contributed by atoms with van der Waals surface area (Å²) in [6.45, 7) is 9.48. The number of nitrogens with zero attached hydrogens (tertiary/aromatic N) is 3. The van der Waals surface area contributed by atoms with Gasteiger partial charge in [-0.2, -0.15) is 15.0 Å². The second kappa shape index (κ2) is 8.52. The molecule has 0 saturated carbocycles. The van der Waals surface area contributed by atoms with E-state index in [2.05, 4.69) is 32.5 Å². The average Bonchev–Trinajstić information content (AvgIpc) is 2.36. The Bertz CT molecular complexity index is 400. The third-order valence-corrected chi connectivity index (χ3v) is 2.52. The van der Waals surface area contributed by atoms with Crippen molar-refractivity contribution in [3.05, 3.63) is 0 Å². The first-order valence-electron chi connectivity index (χ1n) is 7.06. The molecular weight excluding hydrogens is 258 g/mol. The summed E-state index contributed by atoms with van der Waals surface area (Å²) in [5, 5.41) is 15.1. The summed E-state index contributed by atoms with van der Waals surface area (Å²) in [6, 6.07) is 0.309. The van der Waals surface area contributed by atoms with E-state index >= 15 is 0 Å². The zero-order valence-electron chi connectivity index (χ0n) is 12.7. The van der Waals surface area contributed by atoms with Gasteiger partial charge in [-0.3, -0.25) is 0 Å². The lowest BCUT2D eigenvalue weighted by Gasteiger charge is -2.13. The molecule has 20 heavy (non-hydrogen) atoms. The molecule has 0 aliphatic rings. The number of aliphatic hydroxyl groups is 1. The van der Waals surface area contributed by atoms with Crippen LogP contribution in [0.25, 0.3) is 0 Å². The van der Waals surface area contributed by atoms with Crippen LogP contribution >= 0.6 is 0 Å². The zero-order valence-corrected chi connectivity index (χ0v) is 12.7. The van der Waals surface area contributed by atoms with Crippen LogP contribution in [0.2, 0.25) is 0 Å². The molecule has 1 aromatic heterocycles. The highest BCUT2D eigenvalue weighted by atomic mass is 16.5. The van der Waals surface area contributed by atoms with Gasteiger partial charge in [-0.25, -0.2) is 0 Å². The fourth-order valence-electron chi connectivity index (χ4n) is 1.52. The zero-order chi connectivity index (χ0) is 15.0. The van der Waals surface area contributed by atoms with Crippen LogP contribution in [0.5, 0.6) is 6.01 Å². The first-order chi connectivity index (χ1) is 9.55. The first-order valence-corrected chi connectivity index (χ1v) is 7.06.